The number of ether oxygens (including phenoxy) is 3. The number of fused-ring (bicyclic) bond motifs is 1. The highest BCUT2D eigenvalue weighted by Gasteiger charge is 2.35. The number of thiazole rings is 1. The molecule has 10 heteroatoms. The molecular weight excluding hydrogens is 562 g/mol. The molecule has 0 spiro atoms. The van der Waals surface area contributed by atoms with E-state index >= 15 is 0 Å². The topological polar surface area (TPSA) is 84.1 Å². The maximum atomic E-state index is 14.1. The minimum Gasteiger partial charge on any atom is -0.497 e. The molecule has 0 fully saturated rings. The minimum atomic E-state index is -0.799. The zero-order valence-electron chi connectivity index (χ0n) is 23.6. The Hall–Kier alpha value is -4.08. The molecular formula is C31H30ClN3O5S. The van der Waals surface area contributed by atoms with Crippen LogP contribution in [-0.4, -0.2) is 35.9 Å². The van der Waals surface area contributed by atoms with Gasteiger partial charge in [0, 0.05) is 33.7 Å². The molecule has 3 heterocycles. The Morgan fingerprint density at radius 3 is 2.56 bits per heavy atom. The van der Waals surface area contributed by atoms with Crippen LogP contribution >= 0.6 is 22.9 Å². The normalized spacial score (nSPS) is 15.0. The van der Waals surface area contributed by atoms with E-state index in [0.717, 1.165) is 22.6 Å². The van der Waals surface area contributed by atoms with Crippen LogP contribution in [0.2, 0.25) is 5.02 Å². The summed E-state index contributed by atoms with van der Waals surface area (Å²) in [5, 5.41) is 0.645. The van der Waals surface area contributed by atoms with Crippen molar-refractivity contribution in [3.05, 3.63) is 107 Å². The summed E-state index contributed by atoms with van der Waals surface area (Å²) in [5.74, 6) is 0.535. The van der Waals surface area contributed by atoms with E-state index in [4.69, 9.17) is 25.8 Å². The summed E-state index contributed by atoms with van der Waals surface area (Å²) < 4.78 is 20.6. The van der Waals surface area contributed by atoms with Crippen LogP contribution in [0.25, 0.3) is 11.8 Å². The Morgan fingerprint density at radius 2 is 1.88 bits per heavy atom. The zero-order chi connectivity index (χ0) is 29.4. The number of methoxy groups -OCH3 is 2. The molecule has 0 unspecified atom stereocenters. The first-order chi connectivity index (χ1) is 19.7. The first kappa shape index (κ1) is 28.4. The highest BCUT2D eigenvalue weighted by molar-refractivity contribution is 7.07. The summed E-state index contributed by atoms with van der Waals surface area (Å²) in [6.07, 6.45) is 1.87. The predicted molar refractivity (Wildman–Crippen MR) is 160 cm³/mol. The summed E-state index contributed by atoms with van der Waals surface area (Å²) in [6.45, 7) is 7.70. The molecule has 5 rings (SSSR count). The van der Waals surface area contributed by atoms with Gasteiger partial charge in [-0.15, -0.1) is 0 Å². The van der Waals surface area contributed by atoms with Crippen LogP contribution < -0.4 is 24.4 Å². The van der Waals surface area contributed by atoms with Gasteiger partial charge in [-0.3, -0.25) is 9.36 Å². The Morgan fingerprint density at radius 1 is 1.10 bits per heavy atom. The minimum absolute atomic E-state index is 0.189. The number of carbonyl (C=O) groups is 1. The number of nitrogens with zero attached hydrogens (tertiary/aromatic N) is 3. The second-order valence-corrected chi connectivity index (χ2v) is 11.0. The number of hydrogen-bond donors (Lipinski definition) is 0. The number of aromatic nitrogens is 2. The van der Waals surface area contributed by atoms with E-state index in [0.29, 0.717) is 37.1 Å². The molecule has 0 saturated carbocycles. The molecule has 0 radical (unpaired) electrons. The molecule has 1 aliphatic heterocycles. The second kappa shape index (κ2) is 11.4. The number of esters is 1. The van der Waals surface area contributed by atoms with E-state index in [1.165, 1.54) is 18.4 Å². The zero-order valence-corrected chi connectivity index (χ0v) is 25.2. The molecule has 4 aromatic rings. The van der Waals surface area contributed by atoms with Crippen molar-refractivity contribution in [2.45, 2.75) is 33.7 Å². The molecule has 1 atom stereocenters. The first-order valence-electron chi connectivity index (χ1n) is 13.0. The number of allylic oxidation sites excluding steroid dienone is 1. The predicted octanol–water partition coefficient (Wildman–Crippen LogP) is 4.88. The van der Waals surface area contributed by atoms with Gasteiger partial charge in [0.2, 0.25) is 0 Å². The van der Waals surface area contributed by atoms with Crippen LogP contribution in [-0.2, 0) is 9.53 Å². The summed E-state index contributed by atoms with van der Waals surface area (Å²) in [7, 11) is 3.10. The Bertz CT molecular complexity index is 1880. The van der Waals surface area contributed by atoms with Gasteiger partial charge in [0.15, 0.2) is 4.80 Å². The standard InChI is InChI=1S/C31H30ClN3O5S/c1-7-40-30(37)27-18(3)33-31-35(28(27)24-12-11-23(38-5)16-25(24)39-6)29(36)26(41-31)14-20-13-17(2)34(19(20)4)22-10-8-9-21(32)15-22/h8-16,28H,7H2,1-6H3/b26-14+/t28-/m1/s1. The largest absolute Gasteiger partial charge is 0.497 e. The molecule has 0 N–H and O–H groups in total. The first-order valence-corrected chi connectivity index (χ1v) is 14.2. The van der Waals surface area contributed by atoms with Crippen LogP contribution in [0.4, 0.5) is 0 Å². The Balaban J connectivity index is 1.72. The fourth-order valence-electron chi connectivity index (χ4n) is 5.22. The molecule has 2 aromatic carbocycles. The number of aryl methyl sites for hydroxylation is 1. The van der Waals surface area contributed by atoms with Crippen LogP contribution in [0.3, 0.4) is 0 Å². The summed E-state index contributed by atoms with van der Waals surface area (Å²) in [5.41, 5.74) is 4.93. The van der Waals surface area contributed by atoms with Crippen molar-refractivity contribution in [3.8, 4) is 17.2 Å². The molecule has 8 nitrogen and oxygen atoms in total. The van der Waals surface area contributed by atoms with E-state index in [9.17, 15) is 9.59 Å². The number of halogens is 1. The van der Waals surface area contributed by atoms with Gasteiger partial charge < -0.3 is 18.8 Å². The van der Waals surface area contributed by atoms with E-state index in [1.54, 1.807) is 43.7 Å². The lowest BCUT2D eigenvalue weighted by Crippen LogP contribution is -2.40. The molecule has 212 valence electrons. The molecule has 0 bridgehead atoms. The SMILES string of the molecule is CCOC(=O)C1=C(C)N=c2s/c(=C/c3cc(C)n(-c4cccc(Cl)c4)c3C)c(=O)n2[C@@H]1c1ccc(OC)cc1OC. The molecule has 41 heavy (non-hydrogen) atoms. The van der Waals surface area contributed by atoms with Crippen molar-refractivity contribution in [2.24, 2.45) is 4.99 Å². The van der Waals surface area contributed by atoms with Crippen molar-refractivity contribution >= 4 is 35.0 Å². The molecule has 0 saturated heterocycles. The van der Waals surface area contributed by atoms with Gasteiger partial charge in [-0.25, -0.2) is 9.79 Å². The van der Waals surface area contributed by atoms with Gasteiger partial charge in [0.1, 0.15) is 17.5 Å². The van der Waals surface area contributed by atoms with Gasteiger partial charge >= 0.3 is 5.97 Å². The van der Waals surface area contributed by atoms with Crippen LogP contribution in [0, 0.1) is 13.8 Å². The molecule has 0 amide bonds. The van der Waals surface area contributed by atoms with Crippen molar-refractivity contribution in [1.82, 2.24) is 9.13 Å². The van der Waals surface area contributed by atoms with Gasteiger partial charge in [0.05, 0.1) is 36.6 Å². The average Bonchev–Trinajstić information content (AvgIpc) is 3.41. The maximum Gasteiger partial charge on any atom is 0.338 e. The van der Waals surface area contributed by atoms with E-state index < -0.39 is 12.0 Å². The van der Waals surface area contributed by atoms with Crippen molar-refractivity contribution in [2.75, 3.05) is 20.8 Å². The molecule has 2 aromatic heterocycles. The Kier molecular flexibility index (Phi) is 7.93. The second-order valence-electron chi connectivity index (χ2n) is 9.55. The van der Waals surface area contributed by atoms with Gasteiger partial charge in [0.25, 0.3) is 5.56 Å². The number of rotatable bonds is 7. The van der Waals surface area contributed by atoms with Crippen molar-refractivity contribution in [1.29, 1.82) is 0 Å². The monoisotopic (exact) mass is 591 g/mol. The van der Waals surface area contributed by atoms with Crippen LogP contribution in [0.5, 0.6) is 11.5 Å². The Labute approximate surface area is 246 Å². The fraction of sp³-hybridized carbons (Fsp3) is 0.258. The third-order valence-electron chi connectivity index (χ3n) is 7.08. The van der Waals surface area contributed by atoms with Crippen LogP contribution in [0.15, 0.2) is 69.6 Å². The highest BCUT2D eigenvalue weighted by Crippen LogP contribution is 2.37. The van der Waals surface area contributed by atoms with Crippen LogP contribution in [0.1, 0.15) is 42.4 Å². The fourth-order valence-corrected chi connectivity index (χ4v) is 6.44. The maximum absolute atomic E-state index is 14.1. The number of carbonyl (C=O) groups excluding carboxylic acids is 1. The van der Waals surface area contributed by atoms with Gasteiger partial charge in [-0.1, -0.05) is 29.0 Å². The van der Waals surface area contributed by atoms with Crippen molar-refractivity contribution < 1.29 is 19.0 Å². The average molecular weight is 592 g/mol. The van der Waals surface area contributed by atoms with E-state index in [1.807, 2.05) is 50.3 Å². The summed E-state index contributed by atoms with van der Waals surface area (Å²) >= 11 is 7.53. The highest BCUT2D eigenvalue weighted by atomic mass is 35.5. The van der Waals surface area contributed by atoms with Gasteiger partial charge in [-0.2, -0.15) is 0 Å². The van der Waals surface area contributed by atoms with E-state index in [-0.39, 0.29) is 17.7 Å². The quantitative estimate of drug-likeness (QED) is 0.286. The third-order valence-corrected chi connectivity index (χ3v) is 8.29. The van der Waals surface area contributed by atoms with E-state index in [2.05, 4.69) is 9.56 Å². The number of benzene rings is 2. The lowest BCUT2D eigenvalue weighted by molar-refractivity contribution is -0.139. The molecule has 1 aliphatic rings. The van der Waals surface area contributed by atoms with Gasteiger partial charge in [-0.05, 0) is 75.7 Å². The van der Waals surface area contributed by atoms with Crippen molar-refractivity contribution in [3.63, 3.8) is 0 Å². The lowest BCUT2D eigenvalue weighted by atomic mass is 9.95. The third kappa shape index (κ3) is 5.11. The number of hydrogen-bond acceptors (Lipinski definition) is 7. The summed E-state index contributed by atoms with van der Waals surface area (Å²) in [6, 6.07) is 14.2. The smallest absolute Gasteiger partial charge is 0.338 e. The molecule has 0 aliphatic carbocycles. The lowest BCUT2D eigenvalue weighted by Gasteiger charge is -2.26. The summed E-state index contributed by atoms with van der Waals surface area (Å²) in [4.78, 5) is 32.5.